The first-order chi connectivity index (χ1) is 5.86. The summed E-state index contributed by atoms with van der Waals surface area (Å²) in [6.45, 7) is 7.97. The van der Waals surface area contributed by atoms with E-state index in [9.17, 15) is 0 Å². The fraction of sp³-hybridized carbons (Fsp3) is 1.00. The van der Waals surface area contributed by atoms with Crippen molar-refractivity contribution in [2.75, 3.05) is 0 Å². The first-order valence-corrected chi connectivity index (χ1v) is 5.70. The van der Waals surface area contributed by atoms with Crippen LogP contribution in [0.4, 0.5) is 0 Å². The Morgan fingerprint density at radius 3 is 1.77 bits per heavy atom. The van der Waals surface area contributed by atoms with Crippen LogP contribution in [0.25, 0.3) is 0 Å². The molecule has 4 nitrogen and oxygen atoms in total. The van der Waals surface area contributed by atoms with E-state index in [2.05, 4.69) is 0 Å². The predicted molar refractivity (Wildman–Crippen MR) is 53.6 cm³/mol. The molecule has 13 heavy (non-hydrogen) atoms. The first-order valence-electron chi connectivity index (χ1n) is 4.16. The summed E-state index contributed by atoms with van der Waals surface area (Å²) in [5.74, 6) is 0.549. The largest absolute Gasteiger partial charge is 0.336 e. The van der Waals surface area contributed by atoms with Crippen molar-refractivity contribution >= 4 is 20.3 Å². The molecule has 0 aliphatic rings. The SMILES string of the molecule is CC(C)C(ON(Cl)P(O)O)C(C)C. The molecule has 0 aliphatic carbocycles. The smallest absolute Gasteiger partial charge is 0.294 e. The normalized spacial score (nSPS) is 12.9. The van der Waals surface area contributed by atoms with Crippen molar-refractivity contribution < 1.29 is 14.6 Å². The Bertz CT molecular complexity index is 138. The van der Waals surface area contributed by atoms with Crippen LogP contribution < -0.4 is 0 Å². The van der Waals surface area contributed by atoms with Crippen LogP contribution >= 0.6 is 20.3 Å². The van der Waals surface area contributed by atoms with Gasteiger partial charge in [-0.2, -0.15) is 0 Å². The molecule has 0 amide bonds. The molecular formula is C7H17ClNO3P. The summed E-state index contributed by atoms with van der Waals surface area (Å²) in [6.07, 6.45) is -0.109. The number of hydrogen-bond donors (Lipinski definition) is 2. The maximum Gasteiger partial charge on any atom is 0.294 e. The summed E-state index contributed by atoms with van der Waals surface area (Å²) in [5, 5.41) is 0. The molecule has 0 heterocycles. The second-order valence-corrected chi connectivity index (χ2v) is 5.00. The number of nitrogens with zero attached hydrogens (tertiary/aromatic N) is 1. The predicted octanol–water partition coefficient (Wildman–Crippen LogP) is 2.27. The van der Waals surface area contributed by atoms with Crippen LogP contribution in [0.3, 0.4) is 0 Å². The minimum atomic E-state index is -2.37. The number of hydrogen-bond acceptors (Lipinski definition) is 4. The molecule has 0 rings (SSSR count). The van der Waals surface area contributed by atoms with Gasteiger partial charge in [0.1, 0.15) is 0 Å². The van der Waals surface area contributed by atoms with E-state index in [0.29, 0.717) is 4.35 Å². The average Bonchev–Trinajstić information content (AvgIpc) is 1.97. The Morgan fingerprint density at radius 2 is 1.54 bits per heavy atom. The molecule has 80 valence electrons. The van der Waals surface area contributed by atoms with Crippen molar-refractivity contribution in [3.05, 3.63) is 0 Å². The number of halogens is 1. The molecule has 6 heteroatoms. The molecule has 0 fully saturated rings. The molecule has 0 saturated carbocycles. The van der Waals surface area contributed by atoms with Gasteiger partial charge in [-0.25, -0.2) is 0 Å². The van der Waals surface area contributed by atoms with Crippen LogP contribution in [0.1, 0.15) is 27.7 Å². The molecule has 0 atom stereocenters. The molecule has 0 saturated heterocycles. The van der Waals surface area contributed by atoms with E-state index in [1.807, 2.05) is 27.7 Å². The Balaban J connectivity index is 4.10. The van der Waals surface area contributed by atoms with Crippen LogP contribution in [0, 0.1) is 11.8 Å². The van der Waals surface area contributed by atoms with Gasteiger partial charge in [0.2, 0.25) is 0 Å². The molecule has 0 aliphatic heterocycles. The average molecular weight is 230 g/mol. The molecule has 0 aromatic carbocycles. The highest BCUT2D eigenvalue weighted by Gasteiger charge is 2.24. The van der Waals surface area contributed by atoms with Crippen LogP contribution in [0.5, 0.6) is 0 Å². The first kappa shape index (κ1) is 13.6. The van der Waals surface area contributed by atoms with Gasteiger partial charge in [-0.3, -0.25) is 4.84 Å². The quantitative estimate of drug-likeness (QED) is 0.431. The lowest BCUT2D eigenvalue weighted by Gasteiger charge is -2.27. The van der Waals surface area contributed by atoms with E-state index in [1.54, 1.807) is 0 Å². The molecule has 0 spiro atoms. The minimum Gasteiger partial charge on any atom is -0.336 e. The fourth-order valence-electron chi connectivity index (χ4n) is 1.16. The molecule has 0 aromatic heterocycles. The van der Waals surface area contributed by atoms with Crippen molar-refractivity contribution in [1.29, 1.82) is 0 Å². The minimum absolute atomic E-state index is 0.109. The highest BCUT2D eigenvalue weighted by Crippen LogP contribution is 2.34. The van der Waals surface area contributed by atoms with Gasteiger partial charge in [0, 0.05) is 11.8 Å². The van der Waals surface area contributed by atoms with Gasteiger partial charge in [-0.05, 0) is 16.2 Å². The third-order valence-corrected chi connectivity index (χ3v) is 2.52. The van der Waals surface area contributed by atoms with Crippen molar-refractivity contribution in [2.45, 2.75) is 33.8 Å². The lowest BCUT2D eigenvalue weighted by atomic mass is 9.97. The van der Waals surface area contributed by atoms with Gasteiger partial charge < -0.3 is 9.79 Å². The summed E-state index contributed by atoms with van der Waals surface area (Å²) >= 11 is 5.44. The zero-order valence-corrected chi connectivity index (χ0v) is 9.96. The monoisotopic (exact) mass is 229 g/mol. The molecule has 0 bridgehead atoms. The maximum absolute atomic E-state index is 8.72. The van der Waals surface area contributed by atoms with E-state index < -0.39 is 8.53 Å². The van der Waals surface area contributed by atoms with Gasteiger partial charge in [-0.1, -0.05) is 27.7 Å². The van der Waals surface area contributed by atoms with Gasteiger partial charge in [0.05, 0.1) is 6.10 Å². The van der Waals surface area contributed by atoms with Gasteiger partial charge in [0.15, 0.2) is 0 Å². The van der Waals surface area contributed by atoms with E-state index in [4.69, 9.17) is 26.4 Å². The summed E-state index contributed by atoms with van der Waals surface area (Å²) < 4.78 is 0.597. The van der Waals surface area contributed by atoms with Crippen molar-refractivity contribution in [2.24, 2.45) is 11.8 Å². The molecule has 0 radical (unpaired) electrons. The zero-order chi connectivity index (χ0) is 10.6. The highest BCUT2D eigenvalue weighted by atomic mass is 35.5. The van der Waals surface area contributed by atoms with E-state index >= 15 is 0 Å². The van der Waals surface area contributed by atoms with Crippen LogP contribution in [0.2, 0.25) is 0 Å². The van der Waals surface area contributed by atoms with E-state index in [0.717, 1.165) is 0 Å². The van der Waals surface area contributed by atoms with Crippen LogP contribution in [-0.2, 0) is 4.84 Å². The number of rotatable bonds is 5. The Kier molecular flexibility index (Phi) is 6.38. The van der Waals surface area contributed by atoms with E-state index in [-0.39, 0.29) is 17.9 Å². The summed E-state index contributed by atoms with van der Waals surface area (Å²) in [4.78, 5) is 22.6. The summed E-state index contributed by atoms with van der Waals surface area (Å²) in [7, 11) is -2.37. The van der Waals surface area contributed by atoms with Gasteiger partial charge in [-0.15, -0.1) is 0 Å². The molecule has 0 aromatic rings. The maximum atomic E-state index is 8.72. The topological polar surface area (TPSA) is 52.9 Å². The molecule has 2 N–H and O–H groups in total. The Hall–Kier alpha value is 0.560. The standard InChI is InChI=1S/C7H17ClNO3P/c1-5(2)7(6(3)4)12-9(8)13(10)11/h5-7,10-11H,1-4H3. The third kappa shape index (κ3) is 5.11. The van der Waals surface area contributed by atoms with Crippen LogP contribution in [-0.4, -0.2) is 20.2 Å². The third-order valence-electron chi connectivity index (χ3n) is 1.66. The second kappa shape index (κ2) is 6.12. The highest BCUT2D eigenvalue weighted by molar-refractivity contribution is 7.43. The lowest BCUT2D eigenvalue weighted by Crippen LogP contribution is -2.29. The van der Waals surface area contributed by atoms with Crippen molar-refractivity contribution in [3.63, 3.8) is 0 Å². The van der Waals surface area contributed by atoms with Crippen molar-refractivity contribution in [1.82, 2.24) is 4.35 Å². The van der Waals surface area contributed by atoms with Gasteiger partial charge >= 0.3 is 0 Å². The zero-order valence-electron chi connectivity index (χ0n) is 8.31. The lowest BCUT2D eigenvalue weighted by molar-refractivity contribution is -0.120. The Labute approximate surface area is 85.5 Å². The van der Waals surface area contributed by atoms with Crippen molar-refractivity contribution in [3.8, 4) is 0 Å². The summed E-state index contributed by atoms with van der Waals surface area (Å²) in [6, 6.07) is 0. The van der Waals surface area contributed by atoms with Gasteiger partial charge in [0.25, 0.3) is 8.53 Å². The Morgan fingerprint density at radius 1 is 1.15 bits per heavy atom. The fourth-order valence-corrected chi connectivity index (χ4v) is 1.44. The van der Waals surface area contributed by atoms with Crippen LogP contribution in [0.15, 0.2) is 0 Å². The second-order valence-electron chi connectivity index (χ2n) is 3.55. The van der Waals surface area contributed by atoms with E-state index in [1.165, 1.54) is 0 Å². The molecule has 0 unspecified atom stereocenters. The summed E-state index contributed by atoms with van der Waals surface area (Å²) in [5.41, 5.74) is 0. The molecular weight excluding hydrogens is 213 g/mol.